The van der Waals surface area contributed by atoms with Gasteiger partial charge in [0.1, 0.15) is 0 Å². The molecule has 1 heterocycles. The molecule has 0 N–H and O–H groups in total. The number of anilines is 1. The van der Waals surface area contributed by atoms with Crippen molar-refractivity contribution in [2.45, 2.75) is 64.7 Å². The number of aromatic nitrogens is 1. The molecule has 0 aromatic heterocycles. The maximum absolute atomic E-state index is 12.6. The largest absolute Gasteiger partial charge is 0.378 e. The highest BCUT2D eigenvalue weighted by Crippen LogP contribution is 2.32. The van der Waals surface area contributed by atoms with Crippen LogP contribution in [0.1, 0.15) is 63.9 Å². The van der Waals surface area contributed by atoms with Crippen molar-refractivity contribution in [2.75, 3.05) is 19.0 Å². The number of fused-ring (bicyclic) bond motifs is 2. The number of rotatable bonds is 10. The van der Waals surface area contributed by atoms with Crippen molar-refractivity contribution < 1.29 is 0 Å². The average molecular weight is 397 g/mol. The van der Waals surface area contributed by atoms with Crippen molar-refractivity contribution in [1.82, 2.24) is 4.98 Å². The fourth-order valence-corrected chi connectivity index (χ4v) is 4.62. The lowest BCUT2D eigenvalue weighted by Gasteiger charge is -2.14. The van der Waals surface area contributed by atoms with Crippen LogP contribution in [0.2, 0.25) is 0 Å². The van der Waals surface area contributed by atoms with E-state index >= 15 is 0 Å². The Morgan fingerprint density at radius 2 is 1.64 bits per heavy atom. The summed E-state index contributed by atoms with van der Waals surface area (Å²) in [6.45, 7) is 2.25. The predicted octanol–water partition coefficient (Wildman–Crippen LogP) is 6.51. The van der Waals surface area contributed by atoms with Crippen LogP contribution >= 0.6 is 11.3 Å². The molecule has 0 saturated carbocycles. The molecule has 2 aliphatic rings. The van der Waals surface area contributed by atoms with Gasteiger partial charge in [-0.2, -0.15) is 0 Å². The number of unbranched alkanes of at least 4 members (excludes halogenated alkanes) is 7. The van der Waals surface area contributed by atoms with E-state index in [1.807, 2.05) is 20.2 Å². The van der Waals surface area contributed by atoms with Crippen LogP contribution in [0.25, 0.3) is 20.8 Å². The van der Waals surface area contributed by atoms with E-state index in [1.165, 1.54) is 44.9 Å². The molecule has 1 aliphatic heterocycles. The SMILES string of the molecule is CCCCCCCCCCc1cc2nc3ccc(N(C)C)cc3sc-2cc1=O. The van der Waals surface area contributed by atoms with E-state index in [2.05, 4.69) is 30.0 Å². The molecule has 4 heteroatoms. The van der Waals surface area contributed by atoms with Crippen molar-refractivity contribution in [1.29, 1.82) is 0 Å². The molecule has 1 aromatic carbocycles. The van der Waals surface area contributed by atoms with Crippen LogP contribution in [0, 0.1) is 0 Å². The quantitative estimate of drug-likeness (QED) is 0.289. The highest BCUT2D eigenvalue weighted by Gasteiger charge is 2.12. The number of hydrogen-bond donors (Lipinski definition) is 0. The fraction of sp³-hybridized carbons (Fsp3) is 0.500. The standard InChI is InChI=1S/C24H32N2OS/c1-4-5-6-7-8-9-10-11-12-18-15-21-24(17-22(18)27)28-23-16-19(26(2)3)13-14-20(23)25-21/h13-17H,4-12H2,1-3H3. The zero-order valence-electron chi connectivity index (χ0n) is 17.5. The van der Waals surface area contributed by atoms with Crippen LogP contribution in [-0.2, 0) is 6.42 Å². The normalized spacial score (nSPS) is 11.4. The number of nitrogens with zero attached hydrogens (tertiary/aromatic N) is 2. The molecule has 0 saturated heterocycles. The Labute approximate surface area is 172 Å². The van der Waals surface area contributed by atoms with E-state index in [4.69, 9.17) is 4.98 Å². The van der Waals surface area contributed by atoms with Gasteiger partial charge in [-0.15, -0.1) is 11.3 Å². The molecule has 0 amide bonds. The second-order valence-electron chi connectivity index (χ2n) is 7.91. The van der Waals surface area contributed by atoms with Gasteiger partial charge in [-0.05, 0) is 37.1 Å². The van der Waals surface area contributed by atoms with Crippen molar-refractivity contribution in [3.8, 4) is 10.6 Å². The smallest absolute Gasteiger partial charge is 0.183 e. The fourth-order valence-electron chi connectivity index (χ4n) is 3.61. The Kier molecular flexibility index (Phi) is 7.43. The van der Waals surface area contributed by atoms with E-state index in [1.54, 1.807) is 17.4 Å². The van der Waals surface area contributed by atoms with Gasteiger partial charge < -0.3 is 4.90 Å². The maximum Gasteiger partial charge on any atom is 0.183 e. The summed E-state index contributed by atoms with van der Waals surface area (Å²) < 4.78 is 1.12. The Bertz CT molecular complexity index is 932. The zero-order chi connectivity index (χ0) is 19.9. The zero-order valence-corrected chi connectivity index (χ0v) is 18.3. The summed E-state index contributed by atoms with van der Waals surface area (Å²) in [5.74, 6) is 0. The van der Waals surface area contributed by atoms with E-state index in [0.717, 1.165) is 44.9 Å². The molecular weight excluding hydrogens is 364 g/mol. The Morgan fingerprint density at radius 1 is 0.929 bits per heavy atom. The van der Waals surface area contributed by atoms with Crippen LogP contribution in [0.4, 0.5) is 5.69 Å². The molecular formula is C24H32N2OS. The second kappa shape index (κ2) is 10.0. The third kappa shape index (κ3) is 5.32. The third-order valence-corrected chi connectivity index (χ3v) is 6.46. The minimum Gasteiger partial charge on any atom is -0.378 e. The summed E-state index contributed by atoms with van der Waals surface area (Å²) >= 11 is 1.66. The first kappa shape index (κ1) is 20.8. The van der Waals surface area contributed by atoms with Crippen molar-refractivity contribution in [3.05, 3.63) is 46.1 Å². The maximum atomic E-state index is 12.6. The first-order valence-electron chi connectivity index (χ1n) is 10.6. The minimum atomic E-state index is 0.164. The van der Waals surface area contributed by atoms with Gasteiger partial charge in [0.2, 0.25) is 0 Å². The van der Waals surface area contributed by atoms with Gasteiger partial charge in [-0.1, -0.05) is 51.9 Å². The summed E-state index contributed by atoms with van der Waals surface area (Å²) in [6, 6.07) is 10.1. The lowest BCUT2D eigenvalue weighted by atomic mass is 10.0. The van der Waals surface area contributed by atoms with Crippen LogP contribution < -0.4 is 10.3 Å². The summed E-state index contributed by atoms with van der Waals surface area (Å²) in [5, 5.41) is 0. The summed E-state index contributed by atoms with van der Waals surface area (Å²) in [4.78, 5) is 20.4. The van der Waals surface area contributed by atoms with Gasteiger partial charge in [0.15, 0.2) is 5.43 Å². The topological polar surface area (TPSA) is 33.2 Å². The molecule has 1 aromatic rings. The second-order valence-corrected chi connectivity index (χ2v) is 9.00. The van der Waals surface area contributed by atoms with Crippen LogP contribution in [0.5, 0.6) is 0 Å². The summed E-state index contributed by atoms with van der Waals surface area (Å²) in [7, 11) is 4.07. The average Bonchev–Trinajstić information content (AvgIpc) is 2.68. The Balaban J connectivity index is 1.67. The molecule has 0 fully saturated rings. The van der Waals surface area contributed by atoms with E-state index in [0.29, 0.717) is 0 Å². The van der Waals surface area contributed by atoms with Gasteiger partial charge in [0.05, 0.1) is 20.8 Å². The van der Waals surface area contributed by atoms with Crippen LogP contribution in [0.15, 0.2) is 35.1 Å². The molecule has 3 rings (SSSR count). The minimum absolute atomic E-state index is 0.164. The van der Waals surface area contributed by atoms with Crippen molar-refractivity contribution in [2.24, 2.45) is 0 Å². The summed E-state index contributed by atoms with van der Waals surface area (Å²) in [6.07, 6.45) is 11.2. The summed E-state index contributed by atoms with van der Waals surface area (Å²) in [5.41, 5.74) is 4.18. The number of hydrogen-bond acceptors (Lipinski definition) is 4. The molecule has 0 radical (unpaired) electrons. The highest BCUT2D eigenvalue weighted by molar-refractivity contribution is 7.21. The van der Waals surface area contributed by atoms with Gasteiger partial charge in [-0.3, -0.25) is 4.79 Å². The molecule has 28 heavy (non-hydrogen) atoms. The first-order valence-corrected chi connectivity index (χ1v) is 11.4. The van der Waals surface area contributed by atoms with Crippen molar-refractivity contribution in [3.63, 3.8) is 0 Å². The van der Waals surface area contributed by atoms with E-state index < -0.39 is 0 Å². The monoisotopic (exact) mass is 396 g/mol. The van der Waals surface area contributed by atoms with E-state index in [9.17, 15) is 4.79 Å². The third-order valence-electron chi connectivity index (χ3n) is 5.36. The van der Waals surface area contributed by atoms with Gasteiger partial charge in [-0.25, -0.2) is 4.98 Å². The number of benzene rings is 2. The Morgan fingerprint density at radius 3 is 2.36 bits per heavy atom. The Hall–Kier alpha value is -1.94. The van der Waals surface area contributed by atoms with Crippen LogP contribution in [-0.4, -0.2) is 19.1 Å². The van der Waals surface area contributed by atoms with Gasteiger partial charge in [0, 0.05) is 31.4 Å². The molecule has 0 spiro atoms. The molecule has 0 atom stereocenters. The lowest BCUT2D eigenvalue weighted by molar-refractivity contribution is 0.575. The first-order chi connectivity index (χ1) is 13.6. The molecule has 3 nitrogen and oxygen atoms in total. The lowest BCUT2D eigenvalue weighted by Crippen LogP contribution is -2.09. The molecule has 150 valence electrons. The molecule has 1 aliphatic carbocycles. The molecule has 0 bridgehead atoms. The highest BCUT2D eigenvalue weighted by atomic mass is 32.1. The molecule has 0 unspecified atom stereocenters. The van der Waals surface area contributed by atoms with Crippen LogP contribution in [0.3, 0.4) is 0 Å². The number of aryl methyl sites for hydroxylation is 1. The van der Waals surface area contributed by atoms with Gasteiger partial charge >= 0.3 is 0 Å². The van der Waals surface area contributed by atoms with Gasteiger partial charge in [0.25, 0.3) is 0 Å². The van der Waals surface area contributed by atoms with E-state index in [-0.39, 0.29) is 5.43 Å². The predicted molar refractivity (Wildman–Crippen MR) is 123 cm³/mol. The van der Waals surface area contributed by atoms with Crippen molar-refractivity contribution >= 4 is 27.2 Å².